The molecule has 2 aliphatic rings. The van der Waals surface area contributed by atoms with Crippen molar-refractivity contribution < 1.29 is 54.7 Å². The van der Waals surface area contributed by atoms with Crippen molar-refractivity contribution in [3.05, 3.63) is 47.0 Å². The highest BCUT2D eigenvalue weighted by molar-refractivity contribution is 5.54. The Morgan fingerprint density at radius 1 is 0.892 bits per heavy atom. The molecule has 0 spiro atoms. The minimum atomic E-state index is -2.00. The maximum Gasteiger partial charge on any atom is 0.201 e. The lowest BCUT2D eigenvalue weighted by molar-refractivity contribution is -0.383. The number of phenolic OH excluding ortho intramolecular Hbond substituents is 2. The van der Waals surface area contributed by atoms with Gasteiger partial charge in [-0.2, -0.15) is 0 Å². The van der Waals surface area contributed by atoms with E-state index in [2.05, 4.69) is 0 Å². The lowest BCUT2D eigenvalue weighted by Gasteiger charge is -2.55. The summed E-state index contributed by atoms with van der Waals surface area (Å²) in [5.41, 5.74) is 1.92. The van der Waals surface area contributed by atoms with Gasteiger partial charge in [-0.15, -0.1) is 0 Å². The third-order valence-corrected chi connectivity index (χ3v) is 7.69. The van der Waals surface area contributed by atoms with Gasteiger partial charge >= 0.3 is 0 Å². The molecule has 11 nitrogen and oxygen atoms in total. The van der Waals surface area contributed by atoms with Crippen molar-refractivity contribution in [3.63, 3.8) is 0 Å². The smallest absolute Gasteiger partial charge is 0.201 e. The van der Waals surface area contributed by atoms with Crippen LogP contribution in [0.4, 0.5) is 0 Å². The summed E-state index contributed by atoms with van der Waals surface area (Å²) in [6, 6.07) is 7.84. The average molecular weight is 523 g/mol. The third kappa shape index (κ3) is 4.40. The van der Waals surface area contributed by atoms with Crippen molar-refractivity contribution in [1.82, 2.24) is 0 Å². The summed E-state index contributed by atoms with van der Waals surface area (Å²) in [6.07, 6.45) is -6.12. The van der Waals surface area contributed by atoms with Gasteiger partial charge in [-0.05, 0) is 53.3 Å². The normalized spacial score (nSPS) is 33.6. The Balaban J connectivity index is 2.00. The second-order valence-corrected chi connectivity index (χ2v) is 9.49. The summed E-state index contributed by atoms with van der Waals surface area (Å²) in [5, 5.41) is 73.7. The van der Waals surface area contributed by atoms with Crippen LogP contribution in [0.5, 0.6) is 23.0 Å². The van der Waals surface area contributed by atoms with Crippen molar-refractivity contribution in [2.24, 2.45) is 11.8 Å². The van der Waals surface area contributed by atoms with Crippen molar-refractivity contribution in [1.29, 1.82) is 0 Å². The van der Waals surface area contributed by atoms with Crippen LogP contribution in [0.25, 0.3) is 0 Å². The molecule has 0 radical (unpaired) electrons. The molecule has 2 aromatic rings. The van der Waals surface area contributed by atoms with Gasteiger partial charge in [0.1, 0.15) is 24.4 Å². The van der Waals surface area contributed by atoms with Crippen LogP contribution in [-0.2, 0) is 15.9 Å². The summed E-state index contributed by atoms with van der Waals surface area (Å²) < 4.78 is 22.4. The van der Waals surface area contributed by atoms with Gasteiger partial charge in [0.2, 0.25) is 5.79 Å². The topological polar surface area (TPSA) is 179 Å². The minimum Gasteiger partial charge on any atom is -0.504 e. The van der Waals surface area contributed by atoms with Gasteiger partial charge in [-0.3, -0.25) is 0 Å². The predicted molar refractivity (Wildman–Crippen MR) is 129 cm³/mol. The molecule has 1 heterocycles. The van der Waals surface area contributed by atoms with Crippen molar-refractivity contribution in [2.45, 2.75) is 42.5 Å². The largest absolute Gasteiger partial charge is 0.504 e. The number of methoxy groups -OCH3 is 3. The van der Waals surface area contributed by atoms with Crippen LogP contribution >= 0.6 is 0 Å². The molecule has 1 saturated heterocycles. The molecule has 2 aromatic carbocycles. The predicted octanol–water partition coefficient (Wildman–Crippen LogP) is -0.156. The van der Waals surface area contributed by atoms with E-state index in [1.54, 1.807) is 18.2 Å². The number of benzene rings is 2. The molecule has 0 bridgehead atoms. The summed E-state index contributed by atoms with van der Waals surface area (Å²) in [5.74, 6) is -4.12. The average Bonchev–Trinajstić information content (AvgIpc) is 2.91. The van der Waals surface area contributed by atoms with E-state index in [4.69, 9.17) is 18.9 Å². The van der Waals surface area contributed by atoms with Gasteiger partial charge < -0.3 is 54.7 Å². The van der Waals surface area contributed by atoms with Crippen molar-refractivity contribution in [2.75, 3.05) is 34.5 Å². The van der Waals surface area contributed by atoms with Gasteiger partial charge in [0.05, 0.1) is 20.8 Å². The molecule has 37 heavy (non-hydrogen) atoms. The third-order valence-electron chi connectivity index (χ3n) is 7.69. The van der Waals surface area contributed by atoms with Crippen LogP contribution < -0.4 is 9.47 Å². The Hall–Kier alpha value is -2.64. The molecule has 8 atom stereocenters. The molecule has 1 aliphatic heterocycles. The van der Waals surface area contributed by atoms with Gasteiger partial charge in [0.15, 0.2) is 23.0 Å². The van der Waals surface area contributed by atoms with Crippen molar-refractivity contribution >= 4 is 0 Å². The van der Waals surface area contributed by atoms with Crippen LogP contribution in [0.2, 0.25) is 0 Å². The number of hydrogen-bond acceptors (Lipinski definition) is 11. The zero-order chi connectivity index (χ0) is 27.1. The van der Waals surface area contributed by atoms with Gasteiger partial charge in [-0.25, -0.2) is 0 Å². The quantitative estimate of drug-likeness (QED) is 0.257. The first-order chi connectivity index (χ1) is 17.7. The Labute approximate surface area is 214 Å². The zero-order valence-corrected chi connectivity index (χ0v) is 20.8. The molecule has 1 fully saturated rings. The number of rotatable bonds is 7. The number of hydrogen-bond donors (Lipinski definition) is 7. The number of phenols is 2. The van der Waals surface area contributed by atoms with E-state index in [0.717, 1.165) is 5.56 Å². The second-order valence-electron chi connectivity index (χ2n) is 9.49. The fourth-order valence-electron chi connectivity index (χ4n) is 5.89. The molecule has 4 rings (SSSR count). The molecule has 204 valence electrons. The number of aliphatic hydroxyl groups is 5. The van der Waals surface area contributed by atoms with E-state index in [0.29, 0.717) is 11.1 Å². The zero-order valence-electron chi connectivity index (χ0n) is 20.8. The summed E-state index contributed by atoms with van der Waals surface area (Å²) in [6.45, 7) is -1.04. The number of ether oxygens (including phenoxy) is 4. The van der Waals surface area contributed by atoms with E-state index in [1.807, 2.05) is 0 Å². The molecule has 11 heteroatoms. The first-order valence-electron chi connectivity index (χ1n) is 11.9. The maximum absolute atomic E-state index is 11.3. The molecule has 1 aliphatic carbocycles. The molecule has 8 unspecified atom stereocenters. The van der Waals surface area contributed by atoms with Gasteiger partial charge in [0.25, 0.3) is 0 Å². The molecule has 7 N–H and O–H groups in total. The Morgan fingerprint density at radius 3 is 2.16 bits per heavy atom. The Morgan fingerprint density at radius 2 is 1.57 bits per heavy atom. The van der Waals surface area contributed by atoms with E-state index in [-0.39, 0.29) is 36.0 Å². The van der Waals surface area contributed by atoms with E-state index >= 15 is 0 Å². The van der Waals surface area contributed by atoms with Crippen LogP contribution in [0.1, 0.15) is 22.6 Å². The molecular formula is C26H34O11. The Bertz CT molecular complexity index is 1110. The van der Waals surface area contributed by atoms with Crippen molar-refractivity contribution in [3.8, 4) is 23.0 Å². The van der Waals surface area contributed by atoms with Crippen LogP contribution in [-0.4, -0.2) is 100 Å². The van der Waals surface area contributed by atoms with Crippen LogP contribution in [0, 0.1) is 11.8 Å². The van der Waals surface area contributed by atoms with E-state index < -0.39 is 54.6 Å². The first kappa shape index (κ1) is 27.4. The SMILES string of the molecule is COc1cc(C2c3cc(O)c(OC)cc3CC(CO)C2C2(OC)OC(CO)C(O)C(O)C2O)ccc1O. The molecule has 0 aromatic heterocycles. The molecule has 0 saturated carbocycles. The highest BCUT2D eigenvalue weighted by atomic mass is 16.7. The maximum atomic E-state index is 11.3. The van der Waals surface area contributed by atoms with Gasteiger partial charge in [0, 0.05) is 25.6 Å². The molecular weight excluding hydrogens is 488 g/mol. The van der Waals surface area contributed by atoms with E-state index in [1.165, 1.54) is 33.5 Å². The monoisotopic (exact) mass is 522 g/mol. The van der Waals surface area contributed by atoms with Gasteiger partial charge in [-0.1, -0.05) is 6.07 Å². The van der Waals surface area contributed by atoms with E-state index in [9.17, 15) is 35.7 Å². The summed E-state index contributed by atoms with van der Waals surface area (Å²) >= 11 is 0. The fourth-order valence-corrected chi connectivity index (χ4v) is 5.89. The second kappa shape index (κ2) is 10.6. The lowest BCUT2D eigenvalue weighted by Crippen LogP contribution is -2.70. The Kier molecular flexibility index (Phi) is 7.86. The lowest BCUT2D eigenvalue weighted by atomic mass is 9.61. The fraction of sp³-hybridized carbons (Fsp3) is 0.538. The summed E-state index contributed by atoms with van der Waals surface area (Å²) in [7, 11) is 4.09. The van der Waals surface area contributed by atoms with Crippen LogP contribution in [0.3, 0.4) is 0 Å². The first-order valence-corrected chi connectivity index (χ1v) is 11.9. The number of aromatic hydroxyl groups is 2. The highest BCUT2D eigenvalue weighted by Crippen LogP contribution is 2.54. The number of fused-ring (bicyclic) bond motifs is 1. The summed E-state index contributed by atoms with van der Waals surface area (Å²) in [4.78, 5) is 0. The standard InChI is InChI=1S/C26H34O11/c1-34-18-7-12(4-5-16(18)29)21-15-9-17(30)19(35-2)8-13(15)6-14(10-27)22(21)26(36-3)25(33)24(32)23(31)20(11-28)37-26/h4-5,7-9,14,20-25,27-33H,6,10-11H2,1-3H3. The molecule has 0 amide bonds. The highest BCUT2D eigenvalue weighted by Gasteiger charge is 2.62. The minimum absolute atomic E-state index is 0.107. The number of aliphatic hydroxyl groups excluding tert-OH is 5. The van der Waals surface area contributed by atoms with Crippen LogP contribution in [0.15, 0.2) is 30.3 Å².